The van der Waals surface area contributed by atoms with Gasteiger partial charge in [-0.2, -0.15) is 0 Å². The number of nitrogens with zero attached hydrogens (tertiary/aromatic N) is 3. The highest BCUT2D eigenvalue weighted by Gasteiger charge is 2.17. The number of aromatic nitrogens is 2. The fraction of sp³-hybridized carbons (Fsp3) is 0.259. The Morgan fingerprint density at radius 1 is 0.824 bits per heavy atom. The standard InChI is InChI=1S/C27H29N3O4/c1-19-10-11-25-28-22(14-26(31)30(25)15-19)18-29(16-20-8-6-5-7-9-20)17-21-12-23(32-2)27(34-4)24(13-21)33-3/h5-15H,16-18H2,1-4H3. The van der Waals surface area contributed by atoms with E-state index in [9.17, 15) is 4.79 Å². The molecule has 0 aliphatic heterocycles. The molecule has 0 radical (unpaired) electrons. The highest BCUT2D eigenvalue weighted by Crippen LogP contribution is 2.38. The molecule has 2 aromatic heterocycles. The first-order valence-corrected chi connectivity index (χ1v) is 11.0. The zero-order valence-electron chi connectivity index (χ0n) is 19.9. The molecule has 7 heteroatoms. The molecule has 0 spiro atoms. The normalized spacial score (nSPS) is 11.1. The number of hydrogen-bond donors (Lipinski definition) is 0. The lowest BCUT2D eigenvalue weighted by atomic mass is 10.1. The topological polar surface area (TPSA) is 65.3 Å². The molecule has 2 aromatic carbocycles. The second-order valence-electron chi connectivity index (χ2n) is 8.18. The number of benzene rings is 2. The van der Waals surface area contributed by atoms with E-state index in [-0.39, 0.29) is 5.56 Å². The van der Waals surface area contributed by atoms with Crippen molar-refractivity contribution in [1.82, 2.24) is 14.3 Å². The number of aryl methyl sites for hydroxylation is 1. The molecular weight excluding hydrogens is 430 g/mol. The Morgan fingerprint density at radius 3 is 2.15 bits per heavy atom. The third-order valence-electron chi connectivity index (χ3n) is 5.63. The van der Waals surface area contributed by atoms with Gasteiger partial charge in [-0.15, -0.1) is 0 Å². The van der Waals surface area contributed by atoms with Crippen molar-refractivity contribution in [3.8, 4) is 17.2 Å². The molecule has 0 bridgehead atoms. The van der Waals surface area contributed by atoms with E-state index in [1.807, 2.05) is 55.6 Å². The van der Waals surface area contributed by atoms with E-state index in [1.54, 1.807) is 31.8 Å². The largest absolute Gasteiger partial charge is 0.493 e. The van der Waals surface area contributed by atoms with Crippen LogP contribution in [0.25, 0.3) is 5.65 Å². The van der Waals surface area contributed by atoms with E-state index < -0.39 is 0 Å². The Labute approximate surface area is 199 Å². The summed E-state index contributed by atoms with van der Waals surface area (Å²) in [6, 6.07) is 19.6. The summed E-state index contributed by atoms with van der Waals surface area (Å²) in [6.45, 7) is 3.75. The van der Waals surface area contributed by atoms with Gasteiger partial charge in [0.2, 0.25) is 5.75 Å². The van der Waals surface area contributed by atoms with Gasteiger partial charge >= 0.3 is 0 Å². The van der Waals surface area contributed by atoms with Crippen LogP contribution in [0.3, 0.4) is 0 Å². The predicted molar refractivity (Wildman–Crippen MR) is 132 cm³/mol. The molecule has 0 aliphatic carbocycles. The molecule has 0 saturated heterocycles. The second-order valence-corrected chi connectivity index (χ2v) is 8.18. The zero-order valence-corrected chi connectivity index (χ0v) is 19.9. The maximum atomic E-state index is 12.7. The van der Waals surface area contributed by atoms with Crippen LogP contribution >= 0.6 is 0 Å². The summed E-state index contributed by atoms with van der Waals surface area (Å²) in [5, 5.41) is 0. The lowest BCUT2D eigenvalue weighted by molar-refractivity contribution is 0.243. The van der Waals surface area contributed by atoms with Crippen LogP contribution in [-0.4, -0.2) is 35.6 Å². The Morgan fingerprint density at radius 2 is 1.50 bits per heavy atom. The molecular formula is C27H29N3O4. The van der Waals surface area contributed by atoms with Crippen LogP contribution in [0.5, 0.6) is 17.2 Å². The van der Waals surface area contributed by atoms with Crippen molar-refractivity contribution in [3.63, 3.8) is 0 Å². The van der Waals surface area contributed by atoms with Gasteiger partial charge in [0.1, 0.15) is 5.65 Å². The van der Waals surface area contributed by atoms with Gasteiger partial charge in [0, 0.05) is 31.9 Å². The molecule has 4 rings (SSSR count). The van der Waals surface area contributed by atoms with Crippen LogP contribution in [0.2, 0.25) is 0 Å². The first-order chi connectivity index (χ1) is 16.5. The number of rotatable bonds is 9. The van der Waals surface area contributed by atoms with Gasteiger partial charge in [0.15, 0.2) is 11.5 Å². The first-order valence-electron chi connectivity index (χ1n) is 11.0. The van der Waals surface area contributed by atoms with Gasteiger partial charge in [-0.25, -0.2) is 4.98 Å². The molecule has 0 atom stereocenters. The summed E-state index contributed by atoms with van der Waals surface area (Å²) in [6.07, 6.45) is 1.81. The van der Waals surface area contributed by atoms with Crippen LogP contribution in [0.4, 0.5) is 0 Å². The quantitative estimate of drug-likeness (QED) is 0.373. The molecule has 0 amide bonds. The molecule has 0 aliphatic rings. The first kappa shape index (κ1) is 23.3. The van der Waals surface area contributed by atoms with Crippen LogP contribution in [0, 0.1) is 6.92 Å². The maximum Gasteiger partial charge on any atom is 0.258 e. The van der Waals surface area contributed by atoms with Crippen molar-refractivity contribution >= 4 is 5.65 Å². The van der Waals surface area contributed by atoms with E-state index in [1.165, 1.54) is 5.56 Å². The molecule has 7 nitrogen and oxygen atoms in total. The monoisotopic (exact) mass is 459 g/mol. The minimum Gasteiger partial charge on any atom is -0.493 e. The Bertz CT molecular complexity index is 1310. The molecule has 176 valence electrons. The van der Waals surface area contributed by atoms with Crippen molar-refractivity contribution in [2.75, 3.05) is 21.3 Å². The van der Waals surface area contributed by atoms with E-state index >= 15 is 0 Å². The summed E-state index contributed by atoms with van der Waals surface area (Å²) in [5.41, 5.74) is 4.45. The molecule has 0 saturated carbocycles. The van der Waals surface area contributed by atoms with Crippen LogP contribution in [0.15, 0.2) is 71.7 Å². The van der Waals surface area contributed by atoms with Crippen molar-refractivity contribution in [2.45, 2.75) is 26.6 Å². The fourth-order valence-corrected chi connectivity index (χ4v) is 4.06. The van der Waals surface area contributed by atoms with Gasteiger partial charge in [-0.3, -0.25) is 14.1 Å². The molecule has 2 heterocycles. The van der Waals surface area contributed by atoms with Gasteiger partial charge in [-0.05, 0) is 41.8 Å². The number of fused-ring (bicyclic) bond motifs is 1. The lowest BCUT2D eigenvalue weighted by Crippen LogP contribution is -2.25. The van der Waals surface area contributed by atoms with Crippen LogP contribution in [0.1, 0.15) is 22.4 Å². The summed E-state index contributed by atoms with van der Waals surface area (Å²) >= 11 is 0. The maximum absolute atomic E-state index is 12.7. The Balaban J connectivity index is 1.69. The summed E-state index contributed by atoms with van der Waals surface area (Å²) in [4.78, 5) is 19.7. The van der Waals surface area contributed by atoms with E-state index in [0.717, 1.165) is 16.8 Å². The SMILES string of the molecule is COc1cc(CN(Cc2ccccc2)Cc2cc(=O)n3cc(C)ccc3n2)cc(OC)c1OC. The van der Waals surface area contributed by atoms with E-state index in [2.05, 4.69) is 17.0 Å². The minimum absolute atomic E-state index is 0.0869. The smallest absolute Gasteiger partial charge is 0.258 e. The average Bonchev–Trinajstić information content (AvgIpc) is 2.84. The van der Waals surface area contributed by atoms with Crippen molar-refractivity contribution < 1.29 is 14.2 Å². The number of ether oxygens (including phenoxy) is 3. The predicted octanol–water partition coefficient (Wildman–Crippen LogP) is 4.23. The summed E-state index contributed by atoms with van der Waals surface area (Å²) < 4.78 is 18.1. The highest BCUT2D eigenvalue weighted by molar-refractivity contribution is 5.53. The molecule has 34 heavy (non-hydrogen) atoms. The molecule has 0 unspecified atom stereocenters. The summed E-state index contributed by atoms with van der Waals surface area (Å²) in [5.74, 6) is 1.77. The third-order valence-corrected chi connectivity index (χ3v) is 5.63. The van der Waals surface area contributed by atoms with Gasteiger partial charge in [0.05, 0.1) is 27.0 Å². The van der Waals surface area contributed by atoms with Gasteiger partial charge in [0.25, 0.3) is 5.56 Å². The van der Waals surface area contributed by atoms with Crippen LogP contribution < -0.4 is 19.8 Å². The highest BCUT2D eigenvalue weighted by atomic mass is 16.5. The third kappa shape index (κ3) is 5.21. The molecule has 4 aromatic rings. The molecule has 0 fully saturated rings. The fourth-order valence-electron chi connectivity index (χ4n) is 4.06. The number of pyridine rings is 1. The second kappa shape index (κ2) is 10.4. The Hall–Kier alpha value is -3.84. The number of hydrogen-bond acceptors (Lipinski definition) is 6. The van der Waals surface area contributed by atoms with E-state index in [4.69, 9.17) is 19.2 Å². The van der Waals surface area contributed by atoms with Crippen molar-refractivity contribution in [1.29, 1.82) is 0 Å². The summed E-state index contributed by atoms with van der Waals surface area (Å²) in [7, 11) is 4.81. The Kier molecular flexibility index (Phi) is 7.13. The van der Waals surface area contributed by atoms with Gasteiger partial charge < -0.3 is 14.2 Å². The van der Waals surface area contributed by atoms with E-state index in [0.29, 0.717) is 42.5 Å². The van der Waals surface area contributed by atoms with Crippen LogP contribution in [-0.2, 0) is 19.6 Å². The van der Waals surface area contributed by atoms with Crippen molar-refractivity contribution in [3.05, 3.63) is 99.6 Å². The minimum atomic E-state index is -0.0869. The average molecular weight is 460 g/mol. The zero-order chi connectivity index (χ0) is 24.1. The number of methoxy groups -OCH3 is 3. The van der Waals surface area contributed by atoms with Crippen molar-refractivity contribution in [2.24, 2.45) is 0 Å². The van der Waals surface area contributed by atoms with Gasteiger partial charge in [-0.1, -0.05) is 36.4 Å². The molecule has 0 N–H and O–H groups in total. The lowest BCUT2D eigenvalue weighted by Gasteiger charge is -2.23.